The van der Waals surface area contributed by atoms with Crippen LogP contribution < -0.4 is 5.32 Å². The molecule has 0 fully saturated rings. The lowest BCUT2D eigenvalue weighted by atomic mass is 9.97. The van der Waals surface area contributed by atoms with Crippen molar-refractivity contribution in [3.05, 3.63) is 69.4 Å². The van der Waals surface area contributed by atoms with Gasteiger partial charge in [-0.3, -0.25) is 0 Å². The molecule has 2 aromatic rings. The van der Waals surface area contributed by atoms with Gasteiger partial charge in [0.15, 0.2) is 0 Å². The minimum atomic E-state index is -0.200. The molecular formula is C17H19BrFN. The van der Waals surface area contributed by atoms with Crippen molar-refractivity contribution in [1.29, 1.82) is 0 Å². The van der Waals surface area contributed by atoms with Crippen LogP contribution in [0.15, 0.2) is 46.9 Å². The zero-order valence-electron chi connectivity index (χ0n) is 11.8. The van der Waals surface area contributed by atoms with E-state index in [1.54, 1.807) is 12.1 Å². The molecule has 0 aliphatic heterocycles. The van der Waals surface area contributed by atoms with Crippen LogP contribution in [0.25, 0.3) is 0 Å². The normalized spacial score (nSPS) is 12.4. The van der Waals surface area contributed by atoms with E-state index in [4.69, 9.17) is 0 Å². The molecule has 0 aromatic heterocycles. The Hall–Kier alpha value is -1.19. The molecule has 3 heteroatoms. The molecule has 0 spiro atoms. The first kappa shape index (κ1) is 15.2. The Kier molecular flexibility index (Phi) is 5.32. The number of nitrogens with one attached hydrogen (secondary N) is 1. The van der Waals surface area contributed by atoms with Crippen LogP contribution >= 0.6 is 15.9 Å². The van der Waals surface area contributed by atoms with Gasteiger partial charge in [0, 0.05) is 4.47 Å². The van der Waals surface area contributed by atoms with Crippen LogP contribution in [0.2, 0.25) is 0 Å². The molecule has 0 aliphatic rings. The smallest absolute Gasteiger partial charge is 0.123 e. The van der Waals surface area contributed by atoms with Crippen LogP contribution in [-0.4, -0.2) is 6.54 Å². The Morgan fingerprint density at radius 1 is 1.20 bits per heavy atom. The van der Waals surface area contributed by atoms with Gasteiger partial charge in [0.05, 0.1) is 6.04 Å². The maximum Gasteiger partial charge on any atom is 0.123 e. The Balaban J connectivity index is 2.41. The highest BCUT2D eigenvalue weighted by Gasteiger charge is 2.16. The van der Waals surface area contributed by atoms with E-state index in [1.807, 2.05) is 6.07 Å². The van der Waals surface area contributed by atoms with Crippen LogP contribution in [0.1, 0.15) is 36.1 Å². The Labute approximate surface area is 128 Å². The average molecular weight is 336 g/mol. The Morgan fingerprint density at radius 2 is 2.00 bits per heavy atom. The molecule has 2 rings (SSSR count). The Bertz CT molecular complexity index is 583. The first-order valence-corrected chi connectivity index (χ1v) is 7.66. The fourth-order valence-corrected chi connectivity index (χ4v) is 2.97. The molecule has 0 heterocycles. The second-order valence-electron chi connectivity index (χ2n) is 4.97. The molecule has 20 heavy (non-hydrogen) atoms. The van der Waals surface area contributed by atoms with Crippen LogP contribution in [-0.2, 0) is 0 Å². The van der Waals surface area contributed by atoms with Gasteiger partial charge in [-0.25, -0.2) is 4.39 Å². The summed E-state index contributed by atoms with van der Waals surface area (Å²) in [5, 5.41) is 3.49. The summed E-state index contributed by atoms with van der Waals surface area (Å²) in [6.45, 7) is 5.08. The molecule has 2 aromatic carbocycles. The van der Waals surface area contributed by atoms with E-state index in [1.165, 1.54) is 11.6 Å². The summed E-state index contributed by atoms with van der Waals surface area (Å²) in [6, 6.07) is 13.1. The summed E-state index contributed by atoms with van der Waals surface area (Å²) in [4.78, 5) is 0. The van der Waals surface area contributed by atoms with Gasteiger partial charge in [-0.1, -0.05) is 47.1 Å². The lowest BCUT2D eigenvalue weighted by molar-refractivity contribution is 0.584. The van der Waals surface area contributed by atoms with Gasteiger partial charge in [0.1, 0.15) is 5.82 Å². The maximum atomic E-state index is 13.5. The van der Waals surface area contributed by atoms with E-state index in [2.05, 4.69) is 53.3 Å². The van der Waals surface area contributed by atoms with E-state index in [0.717, 1.165) is 28.6 Å². The van der Waals surface area contributed by atoms with E-state index in [9.17, 15) is 4.39 Å². The van der Waals surface area contributed by atoms with Crippen molar-refractivity contribution in [2.45, 2.75) is 26.3 Å². The van der Waals surface area contributed by atoms with Crippen molar-refractivity contribution < 1.29 is 4.39 Å². The van der Waals surface area contributed by atoms with Crippen molar-refractivity contribution in [2.75, 3.05) is 6.54 Å². The maximum absolute atomic E-state index is 13.5. The quantitative estimate of drug-likeness (QED) is 0.811. The standard InChI is InChI=1S/C17H19BrFN/c1-3-9-20-17(13-5-4-6-14(19)11-13)15-8-7-12(2)10-16(15)18/h4-8,10-11,17,20H,3,9H2,1-2H3. The minimum Gasteiger partial charge on any atom is -0.306 e. The number of aryl methyl sites for hydroxylation is 1. The molecular weight excluding hydrogens is 317 g/mol. The first-order valence-electron chi connectivity index (χ1n) is 6.86. The SMILES string of the molecule is CCCNC(c1cccc(F)c1)c1ccc(C)cc1Br. The molecule has 1 unspecified atom stereocenters. The molecule has 0 amide bonds. The van der Waals surface area contributed by atoms with Crippen LogP contribution in [0.4, 0.5) is 4.39 Å². The third-order valence-electron chi connectivity index (χ3n) is 3.25. The molecule has 1 atom stereocenters. The summed E-state index contributed by atoms with van der Waals surface area (Å²) in [5.74, 6) is -0.200. The molecule has 1 N–H and O–H groups in total. The third-order valence-corrected chi connectivity index (χ3v) is 3.93. The van der Waals surface area contributed by atoms with E-state index in [0.29, 0.717) is 0 Å². The fraction of sp³-hybridized carbons (Fsp3) is 0.294. The predicted octanol–water partition coefficient (Wildman–Crippen LogP) is 4.99. The Morgan fingerprint density at radius 3 is 2.65 bits per heavy atom. The van der Waals surface area contributed by atoms with Gasteiger partial charge in [0.2, 0.25) is 0 Å². The summed E-state index contributed by atoms with van der Waals surface area (Å²) < 4.78 is 14.5. The summed E-state index contributed by atoms with van der Waals surface area (Å²) in [7, 11) is 0. The number of hydrogen-bond acceptors (Lipinski definition) is 1. The molecule has 0 bridgehead atoms. The van der Waals surface area contributed by atoms with Gasteiger partial charge in [-0.2, -0.15) is 0 Å². The van der Waals surface area contributed by atoms with E-state index >= 15 is 0 Å². The van der Waals surface area contributed by atoms with Crippen molar-refractivity contribution in [1.82, 2.24) is 5.32 Å². The van der Waals surface area contributed by atoms with Gasteiger partial charge in [-0.15, -0.1) is 0 Å². The fourth-order valence-electron chi connectivity index (χ4n) is 2.25. The number of benzene rings is 2. The second-order valence-corrected chi connectivity index (χ2v) is 5.82. The molecule has 106 valence electrons. The summed E-state index contributed by atoms with van der Waals surface area (Å²) in [6.07, 6.45) is 1.04. The predicted molar refractivity (Wildman–Crippen MR) is 85.4 cm³/mol. The van der Waals surface area contributed by atoms with Crippen molar-refractivity contribution in [3.63, 3.8) is 0 Å². The van der Waals surface area contributed by atoms with Gasteiger partial charge in [0.25, 0.3) is 0 Å². The summed E-state index contributed by atoms with van der Waals surface area (Å²) in [5.41, 5.74) is 3.28. The molecule has 1 nitrogen and oxygen atoms in total. The highest BCUT2D eigenvalue weighted by atomic mass is 79.9. The van der Waals surface area contributed by atoms with Crippen molar-refractivity contribution >= 4 is 15.9 Å². The highest BCUT2D eigenvalue weighted by molar-refractivity contribution is 9.10. The topological polar surface area (TPSA) is 12.0 Å². The minimum absolute atomic E-state index is 0.000579. The first-order chi connectivity index (χ1) is 9.61. The monoisotopic (exact) mass is 335 g/mol. The lowest BCUT2D eigenvalue weighted by Crippen LogP contribution is -2.23. The number of hydrogen-bond donors (Lipinski definition) is 1. The lowest BCUT2D eigenvalue weighted by Gasteiger charge is -2.21. The van der Waals surface area contributed by atoms with Crippen LogP contribution in [0.3, 0.4) is 0 Å². The third kappa shape index (κ3) is 3.68. The summed E-state index contributed by atoms with van der Waals surface area (Å²) >= 11 is 3.62. The van der Waals surface area contributed by atoms with Gasteiger partial charge < -0.3 is 5.32 Å². The van der Waals surface area contributed by atoms with E-state index < -0.39 is 0 Å². The second kappa shape index (κ2) is 7.00. The molecule has 0 saturated heterocycles. The average Bonchev–Trinajstić information content (AvgIpc) is 2.41. The van der Waals surface area contributed by atoms with Crippen molar-refractivity contribution in [2.24, 2.45) is 0 Å². The van der Waals surface area contributed by atoms with Crippen LogP contribution in [0, 0.1) is 12.7 Å². The van der Waals surface area contributed by atoms with Crippen LogP contribution in [0.5, 0.6) is 0 Å². The largest absolute Gasteiger partial charge is 0.306 e. The highest BCUT2D eigenvalue weighted by Crippen LogP contribution is 2.29. The van der Waals surface area contributed by atoms with Crippen molar-refractivity contribution in [3.8, 4) is 0 Å². The number of halogens is 2. The zero-order valence-corrected chi connectivity index (χ0v) is 13.4. The molecule has 0 aliphatic carbocycles. The van der Waals surface area contributed by atoms with Gasteiger partial charge in [-0.05, 0) is 54.8 Å². The van der Waals surface area contributed by atoms with E-state index in [-0.39, 0.29) is 11.9 Å². The molecule has 0 radical (unpaired) electrons. The zero-order chi connectivity index (χ0) is 14.5. The molecule has 0 saturated carbocycles. The van der Waals surface area contributed by atoms with Gasteiger partial charge >= 0.3 is 0 Å². The number of rotatable bonds is 5.